The van der Waals surface area contributed by atoms with E-state index in [1.165, 1.54) is 0 Å². The largest absolute Gasteiger partial charge is 0.457 e. The van der Waals surface area contributed by atoms with Gasteiger partial charge >= 0.3 is 0 Å². The van der Waals surface area contributed by atoms with Gasteiger partial charge in [0.15, 0.2) is 6.29 Å². The quantitative estimate of drug-likeness (QED) is 0.625. The van der Waals surface area contributed by atoms with Crippen LogP contribution in [0.15, 0.2) is 60.7 Å². The first kappa shape index (κ1) is 12.7. The van der Waals surface area contributed by atoms with Gasteiger partial charge < -0.3 is 4.74 Å². The van der Waals surface area contributed by atoms with Crippen LogP contribution >= 0.6 is 11.6 Å². The van der Waals surface area contributed by atoms with Crippen LogP contribution in [0.4, 0.5) is 0 Å². The Morgan fingerprint density at radius 1 is 0.900 bits per heavy atom. The third-order valence-electron chi connectivity index (χ3n) is 3.05. The van der Waals surface area contributed by atoms with Crippen molar-refractivity contribution >= 4 is 28.7 Å². The van der Waals surface area contributed by atoms with E-state index in [9.17, 15) is 4.79 Å². The Hall–Kier alpha value is -2.32. The monoisotopic (exact) mass is 282 g/mol. The summed E-state index contributed by atoms with van der Waals surface area (Å²) < 4.78 is 5.77. The molecule has 0 fully saturated rings. The van der Waals surface area contributed by atoms with Crippen molar-refractivity contribution in [3.05, 3.63) is 71.2 Å². The van der Waals surface area contributed by atoms with Crippen molar-refractivity contribution in [1.82, 2.24) is 0 Å². The molecule has 2 nitrogen and oxygen atoms in total. The van der Waals surface area contributed by atoms with Crippen LogP contribution in [0, 0.1) is 0 Å². The Balaban J connectivity index is 2.00. The lowest BCUT2D eigenvalue weighted by Crippen LogP contribution is -1.90. The molecule has 0 N–H and O–H groups in total. The summed E-state index contributed by atoms with van der Waals surface area (Å²) in [5.41, 5.74) is 0.475. The second-order valence-corrected chi connectivity index (χ2v) is 4.85. The average Bonchev–Trinajstić information content (AvgIpc) is 2.47. The minimum atomic E-state index is 0.461. The molecule has 0 amide bonds. The van der Waals surface area contributed by atoms with E-state index in [1.807, 2.05) is 42.5 Å². The molecule has 20 heavy (non-hydrogen) atoms. The number of ether oxygens (including phenoxy) is 1. The van der Waals surface area contributed by atoms with Gasteiger partial charge in [-0.1, -0.05) is 41.9 Å². The number of aldehydes is 1. The molecule has 0 atom stereocenters. The van der Waals surface area contributed by atoms with Crippen LogP contribution in [-0.2, 0) is 0 Å². The number of fused-ring (bicyclic) bond motifs is 1. The molecule has 3 aromatic rings. The van der Waals surface area contributed by atoms with Gasteiger partial charge in [0.1, 0.15) is 11.5 Å². The van der Waals surface area contributed by atoms with Crippen molar-refractivity contribution in [2.75, 3.05) is 0 Å². The van der Waals surface area contributed by atoms with E-state index >= 15 is 0 Å². The summed E-state index contributed by atoms with van der Waals surface area (Å²) in [7, 11) is 0. The average molecular weight is 283 g/mol. The SMILES string of the molecule is O=Cc1ccc(Cl)cc1Oc1ccc2ccccc2c1. The van der Waals surface area contributed by atoms with Crippen LogP contribution < -0.4 is 4.74 Å². The normalized spacial score (nSPS) is 10.4. The second kappa shape index (κ2) is 5.35. The molecule has 0 aromatic heterocycles. The first-order valence-corrected chi connectivity index (χ1v) is 6.55. The van der Waals surface area contributed by atoms with E-state index < -0.39 is 0 Å². The molecule has 0 heterocycles. The zero-order chi connectivity index (χ0) is 13.9. The van der Waals surface area contributed by atoms with Gasteiger partial charge in [0.2, 0.25) is 0 Å². The van der Waals surface area contributed by atoms with E-state index in [2.05, 4.69) is 0 Å². The van der Waals surface area contributed by atoms with E-state index in [4.69, 9.17) is 16.3 Å². The Labute approximate surface area is 121 Å². The van der Waals surface area contributed by atoms with E-state index in [0.717, 1.165) is 17.1 Å². The Bertz CT molecular complexity index is 781. The van der Waals surface area contributed by atoms with Gasteiger partial charge in [-0.15, -0.1) is 0 Å². The highest BCUT2D eigenvalue weighted by Gasteiger charge is 2.06. The highest BCUT2D eigenvalue weighted by molar-refractivity contribution is 6.30. The van der Waals surface area contributed by atoms with Crippen molar-refractivity contribution in [2.45, 2.75) is 0 Å². The van der Waals surface area contributed by atoms with Crippen molar-refractivity contribution < 1.29 is 9.53 Å². The molecule has 0 unspecified atom stereocenters. The highest BCUT2D eigenvalue weighted by atomic mass is 35.5. The van der Waals surface area contributed by atoms with Crippen LogP contribution in [0.3, 0.4) is 0 Å². The fraction of sp³-hybridized carbons (Fsp3) is 0. The van der Waals surface area contributed by atoms with E-state index in [1.54, 1.807) is 18.2 Å². The van der Waals surface area contributed by atoms with Gasteiger partial charge in [-0.2, -0.15) is 0 Å². The standard InChI is InChI=1S/C17H11ClO2/c18-15-7-5-14(11-19)17(10-15)20-16-8-6-12-3-1-2-4-13(12)9-16/h1-11H. The minimum Gasteiger partial charge on any atom is -0.457 e. The molecule has 0 saturated heterocycles. The summed E-state index contributed by atoms with van der Waals surface area (Å²) in [6.07, 6.45) is 0.757. The number of carbonyl (C=O) groups excluding carboxylic acids is 1. The molecule has 0 spiro atoms. The van der Waals surface area contributed by atoms with Crippen LogP contribution in [0.5, 0.6) is 11.5 Å². The summed E-state index contributed by atoms with van der Waals surface area (Å²) in [5, 5.41) is 2.76. The number of benzene rings is 3. The molecule has 0 saturated carbocycles. The third-order valence-corrected chi connectivity index (χ3v) is 3.29. The number of hydrogen-bond donors (Lipinski definition) is 0. The lowest BCUT2D eigenvalue weighted by atomic mass is 10.1. The van der Waals surface area contributed by atoms with Crippen molar-refractivity contribution in [1.29, 1.82) is 0 Å². The third kappa shape index (κ3) is 2.51. The lowest BCUT2D eigenvalue weighted by molar-refractivity contribution is 0.112. The van der Waals surface area contributed by atoms with Crippen molar-refractivity contribution in [3.8, 4) is 11.5 Å². The highest BCUT2D eigenvalue weighted by Crippen LogP contribution is 2.29. The van der Waals surface area contributed by atoms with Gasteiger partial charge in [-0.25, -0.2) is 0 Å². The van der Waals surface area contributed by atoms with Crippen LogP contribution in [0.25, 0.3) is 10.8 Å². The molecule has 3 heteroatoms. The topological polar surface area (TPSA) is 26.3 Å². The van der Waals surface area contributed by atoms with Gasteiger partial charge in [0.05, 0.1) is 5.56 Å². The first-order valence-electron chi connectivity index (χ1n) is 6.18. The molecule has 3 aromatic carbocycles. The first-order chi connectivity index (χ1) is 9.76. The summed E-state index contributed by atoms with van der Waals surface area (Å²) in [5.74, 6) is 1.14. The van der Waals surface area contributed by atoms with E-state index in [-0.39, 0.29) is 0 Å². The number of rotatable bonds is 3. The maximum atomic E-state index is 11.0. The fourth-order valence-corrected chi connectivity index (χ4v) is 2.21. The summed E-state index contributed by atoms with van der Waals surface area (Å²) >= 11 is 5.94. The molecule has 3 rings (SSSR count). The van der Waals surface area contributed by atoms with Gasteiger partial charge in [-0.3, -0.25) is 4.79 Å². The van der Waals surface area contributed by atoms with Crippen LogP contribution in [-0.4, -0.2) is 6.29 Å². The van der Waals surface area contributed by atoms with Gasteiger partial charge in [-0.05, 0) is 35.0 Å². The van der Waals surface area contributed by atoms with Crippen LogP contribution in [0.1, 0.15) is 10.4 Å². The van der Waals surface area contributed by atoms with Crippen molar-refractivity contribution in [3.63, 3.8) is 0 Å². The fourth-order valence-electron chi connectivity index (χ4n) is 2.05. The molecule has 0 bridgehead atoms. The maximum Gasteiger partial charge on any atom is 0.153 e. The molecule has 0 aliphatic rings. The molecule has 0 aliphatic carbocycles. The molecule has 0 radical (unpaired) electrons. The Morgan fingerprint density at radius 3 is 2.50 bits per heavy atom. The summed E-state index contributed by atoms with van der Waals surface area (Å²) in [6, 6.07) is 18.8. The summed E-state index contributed by atoms with van der Waals surface area (Å²) in [4.78, 5) is 11.0. The predicted molar refractivity (Wildman–Crippen MR) is 80.9 cm³/mol. The lowest BCUT2D eigenvalue weighted by Gasteiger charge is -2.09. The van der Waals surface area contributed by atoms with Gasteiger partial charge in [0, 0.05) is 11.1 Å². The molecular formula is C17H11ClO2. The Morgan fingerprint density at radius 2 is 1.70 bits per heavy atom. The molecular weight excluding hydrogens is 272 g/mol. The molecule has 0 aliphatic heterocycles. The number of hydrogen-bond acceptors (Lipinski definition) is 2. The van der Waals surface area contributed by atoms with Crippen molar-refractivity contribution in [2.24, 2.45) is 0 Å². The second-order valence-electron chi connectivity index (χ2n) is 4.41. The predicted octanol–water partition coefficient (Wildman–Crippen LogP) is 5.10. The number of carbonyl (C=O) groups is 1. The minimum absolute atomic E-state index is 0.461. The van der Waals surface area contributed by atoms with Crippen LogP contribution in [0.2, 0.25) is 5.02 Å². The summed E-state index contributed by atoms with van der Waals surface area (Å²) in [6.45, 7) is 0. The van der Waals surface area contributed by atoms with E-state index in [0.29, 0.717) is 22.1 Å². The zero-order valence-electron chi connectivity index (χ0n) is 10.5. The smallest absolute Gasteiger partial charge is 0.153 e. The Kier molecular flexibility index (Phi) is 3.40. The number of halogens is 1. The maximum absolute atomic E-state index is 11.0. The zero-order valence-corrected chi connectivity index (χ0v) is 11.3. The molecule has 98 valence electrons. The van der Waals surface area contributed by atoms with Gasteiger partial charge in [0.25, 0.3) is 0 Å².